The first-order chi connectivity index (χ1) is 13.5. The summed E-state index contributed by atoms with van der Waals surface area (Å²) in [5.74, 6) is 2.37. The molecule has 162 valence electrons. The van der Waals surface area contributed by atoms with Gasteiger partial charge < -0.3 is 24.6 Å². The fraction of sp³-hybridized carbons (Fsp3) is 0.526. The summed E-state index contributed by atoms with van der Waals surface area (Å²) in [7, 11) is 0. The molecule has 2 aromatic rings. The van der Waals surface area contributed by atoms with Gasteiger partial charge in [-0.25, -0.2) is 4.99 Å². The summed E-state index contributed by atoms with van der Waals surface area (Å²) >= 11 is 5.89. The highest BCUT2D eigenvalue weighted by atomic mass is 127. The van der Waals surface area contributed by atoms with Gasteiger partial charge in [-0.3, -0.25) is 0 Å². The van der Waals surface area contributed by atoms with Crippen LogP contribution >= 0.6 is 35.6 Å². The van der Waals surface area contributed by atoms with Crippen molar-refractivity contribution in [1.82, 2.24) is 20.8 Å². The van der Waals surface area contributed by atoms with Gasteiger partial charge in [0.15, 0.2) is 11.8 Å². The number of nitrogens with zero attached hydrogens (tertiary/aromatic N) is 3. The van der Waals surface area contributed by atoms with Gasteiger partial charge in [0, 0.05) is 18.2 Å². The largest absolute Gasteiger partial charge is 0.489 e. The molecular weight excluding hydrogens is 509 g/mol. The molecule has 0 saturated carbocycles. The van der Waals surface area contributed by atoms with Crippen molar-refractivity contribution >= 4 is 41.5 Å². The Morgan fingerprint density at radius 1 is 1.21 bits per heavy atom. The van der Waals surface area contributed by atoms with Crippen LogP contribution in [-0.2, 0) is 11.3 Å². The second kappa shape index (κ2) is 13.6. The lowest BCUT2D eigenvalue weighted by atomic mass is 10.3. The van der Waals surface area contributed by atoms with Crippen LogP contribution in [0.15, 0.2) is 33.8 Å². The third-order valence-corrected chi connectivity index (χ3v) is 3.94. The average Bonchev–Trinajstić information content (AvgIpc) is 3.15. The van der Waals surface area contributed by atoms with Crippen molar-refractivity contribution in [2.24, 2.45) is 4.99 Å². The zero-order chi connectivity index (χ0) is 20.4. The van der Waals surface area contributed by atoms with Crippen molar-refractivity contribution in [3.63, 3.8) is 0 Å². The van der Waals surface area contributed by atoms with Crippen LogP contribution in [0.25, 0.3) is 0 Å². The van der Waals surface area contributed by atoms with Gasteiger partial charge in [0.2, 0.25) is 5.89 Å². The molecule has 0 bridgehead atoms. The predicted molar refractivity (Wildman–Crippen MR) is 124 cm³/mol. The second-order valence-electron chi connectivity index (χ2n) is 6.10. The van der Waals surface area contributed by atoms with Gasteiger partial charge in [0.25, 0.3) is 0 Å². The zero-order valence-corrected chi connectivity index (χ0v) is 20.2. The van der Waals surface area contributed by atoms with Gasteiger partial charge in [-0.1, -0.05) is 16.8 Å². The van der Waals surface area contributed by atoms with Crippen molar-refractivity contribution in [3.05, 3.63) is 41.0 Å². The Hall–Kier alpha value is -1.59. The summed E-state index contributed by atoms with van der Waals surface area (Å²) in [5.41, 5.74) is 0. The van der Waals surface area contributed by atoms with Crippen LogP contribution in [0, 0.1) is 0 Å². The van der Waals surface area contributed by atoms with E-state index in [0.717, 1.165) is 12.3 Å². The van der Waals surface area contributed by atoms with Crippen LogP contribution in [0.4, 0.5) is 0 Å². The van der Waals surface area contributed by atoms with E-state index in [-0.39, 0.29) is 42.7 Å². The van der Waals surface area contributed by atoms with Crippen LogP contribution in [-0.4, -0.2) is 41.9 Å². The molecule has 8 nitrogen and oxygen atoms in total. The molecule has 0 aliphatic rings. The predicted octanol–water partition coefficient (Wildman–Crippen LogP) is 3.96. The Kier molecular flexibility index (Phi) is 11.9. The molecular formula is C19H29ClIN5O3. The highest BCUT2D eigenvalue weighted by Gasteiger charge is 2.13. The standard InChI is InChI=1S/C19H28ClN5O3.HI/c1-5-21-19(22-11-13(3)27-16-9-7-15(20)8-10-16)23-12-17-24-18(25-28-17)14(4)26-6-2;/h7-10,13-14H,5-6,11-12H2,1-4H3,(H2,21,22,23);1H. The maximum Gasteiger partial charge on any atom is 0.248 e. The van der Waals surface area contributed by atoms with E-state index in [1.54, 1.807) is 12.1 Å². The van der Waals surface area contributed by atoms with Crippen molar-refractivity contribution < 1.29 is 14.0 Å². The molecule has 2 unspecified atom stereocenters. The first kappa shape index (κ1) is 25.4. The number of guanidine groups is 1. The molecule has 0 aliphatic heterocycles. The minimum atomic E-state index is -0.205. The van der Waals surface area contributed by atoms with E-state index < -0.39 is 0 Å². The van der Waals surface area contributed by atoms with Gasteiger partial charge in [0.1, 0.15) is 24.5 Å². The number of hydrogen-bond acceptors (Lipinski definition) is 6. The molecule has 2 N–H and O–H groups in total. The molecule has 0 radical (unpaired) electrons. The third kappa shape index (κ3) is 9.18. The molecule has 10 heteroatoms. The SMILES string of the molecule is CCNC(=NCc1nc(C(C)OCC)no1)NCC(C)Oc1ccc(Cl)cc1.I. The Labute approximate surface area is 193 Å². The van der Waals surface area contributed by atoms with Crippen molar-refractivity contribution in [3.8, 4) is 5.75 Å². The van der Waals surface area contributed by atoms with E-state index in [0.29, 0.717) is 35.8 Å². The lowest BCUT2D eigenvalue weighted by molar-refractivity contribution is 0.0683. The maximum absolute atomic E-state index is 5.89. The highest BCUT2D eigenvalue weighted by molar-refractivity contribution is 14.0. The summed E-state index contributed by atoms with van der Waals surface area (Å²) in [4.78, 5) is 8.80. The zero-order valence-electron chi connectivity index (χ0n) is 17.1. The average molecular weight is 538 g/mol. The number of aliphatic imine (C=N–C) groups is 1. The van der Waals surface area contributed by atoms with E-state index in [4.69, 9.17) is 25.6 Å². The molecule has 0 fully saturated rings. The van der Waals surface area contributed by atoms with Gasteiger partial charge in [0.05, 0.1) is 6.54 Å². The molecule has 0 saturated heterocycles. The van der Waals surface area contributed by atoms with Gasteiger partial charge in [-0.15, -0.1) is 24.0 Å². The molecule has 2 rings (SSSR count). The van der Waals surface area contributed by atoms with Crippen molar-refractivity contribution in [1.29, 1.82) is 0 Å². The van der Waals surface area contributed by atoms with E-state index in [9.17, 15) is 0 Å². The number of aromatic nitrogens is 2. The molecule has 29 heavy (non-hydrogen) atoms. The van der Waals surface area contributed by atoms with Crippen LogP contribution in [0.1, 0.15) is 45.5 Å². The van der Waals surface area contributed by atoms with Crippen LogP contribution < -0.4 is 15.4 Å². The highest BCUT2D eigenvalue weighted by Crippen LogP contribution is 2.16. The first-order valence-electron chi connectivity index (χ1n) is 9.40. The molecule has 0 amide bonds. The molecule has 2 atom stereocenters. The van der Waals surface area contributed by atoms with E-state index in [1.807, 2.05) is 39.8 Å². The summed E-state index contributed by atoms with van der Waals surface area (Å²) < 4.78 is 16.5. The summed E-state index contributed by atoms with van der Waals surface area (Å²) in [5, 5.41) is 11.0. The number of ether oxygens (including phenoxy) is 2. The van der Waals surface area contributed by atoms with Crippen LogP contribution in [0.2, 0.25) is 5.02 Å². The third-order valence-electron chi connectivity index (χ3n) is 3.69. The lowest BCUT2D eigenvalue weighted by Gasteiger charge is -2.17. The lowest BCUT2D eigenvalue weighted by Crippen LogP contribution is -2.41. The number of halogens is 2. The molecule has 0 spiro atoms. The topological polar surface area (TPSA) is 93.8 Å². The monoisotopic (exact) mass is 537 g/mol. The van der Waals surface area contributed by atoms with Gasteiger partial charge >= 0.3 is 0 Å². The van der Waals surface area contributed by atoms with Gasteiger partial charge in [-0.2, -0.15) is 4.98 Å². The van der Waals surface area contributed by atoms with Crippen molar-refractivity contribution in [2.45, 2.75) is 46.4 Å². The quantitative estimate of drug-likeness (QED) is 0.269. The van der Waals surface area contributed by atoms with E-state index in [1.165, 1.54) is 0 Å². The second-order valence-corrected chi connectivity index (χ2v) is 6.54. The Bertz CT molecular complexity index is 742. The minimum Gasteiger partial charge on any atom is -0.489 e. The molecule has 0 aliphatic carbocycles. The summed E-state index contributed by atoms with van der Waals surface area (Å²) in [6, 6.07) is 7.28. The van der Waals surface area contributed by atoms with E-state index in [2.05, 4.69) is 25.8 Å². The Balaban J connectivity index is 0.00000420. The van der Waals surface area contributed by atoms with Crippen LogP contribution in [0.5, 0.6) is 5.75 Å². The number of rotatable bonds is 10. The fourth-order valence-electron chi connectivity index (χ4n) is 2.34. The van der Waals surface area contributed by atoms with Crippen molar-refractivity contribution in [2.75, 3.05) is 19.7 Å². The summed E-state index contributed by atoms with van der Waals surface area (Å²) in [6.07, 6.45) is -0.268. The van der Waals surface area contributed by atoms with Gasteiger partial charge in [-0.05, 0) is 52.0 Å². The normalized spacial score (nSPS) is 13.3. The Morgan fingerprint density at radius 2 is 1.93 bits per heavy atom. The Morgan fingerprint density at radius 3 is 2.59 bits per heavy atom. The smallest absolute Gasteiger partial charge is 0.248 e. The number of benzene rings is 1. The van der Waals surface area contributed by atoms with Crippen LogP contribution in [0.3, 0.4) is 0 Å². The maximum atomic E-state index is 5.89. The first-order valence-corrected chi connectivity index (χ1v) is 9.78. The molecule has 1 aromatic carbocycles. The molecule has 1 aromatic heterocycles. The molecule has 1 heterocycles. The van der Waals surface area contributed by atoms with E-state index >= 15 is 0 Å². The summed E-state index contributed by atoms with van der Waals surface area (Å²) in [6.45, 7) is 9.95. The minimum absolute atomic E-state index is 0. The number of nitrogens with one attached hydrogen (secondary N) is 2. The fourth-order valence-corrected chi connectivity index (χ4v) is 2.46. The number of hydrogen-bond donors (Lipinski definition) is 2.